The SMILES string of the molecule is NC(Cc1ccn(C2CCCCC2)n1)C1CC2CCC1O2. The summed E-state index contributed by atoms with van der Waals surface area (Å²) in [6.07, 6.45) is 14.2. The predicted molar refractivity (Wildman–Crippen MR) is 82.0 cm³/mol. The van der Waals surface area contributed by atoms with E-state index in [2.05, 4.69) is 16.9 Å². The second-order valence-corrected chi connectivity index (χ2v) is 7.22. The molecule has 4 atom stereocenters. The van der Waals surface area contributed by atoms with Crippen LogP contribution in [0.25, 0.3) is 0 Å². The minimum absolute atomic E-state index is 0.204. The largest absolute Gasteiger partial charge is 0.375 e. The lowest BCUT2D eigenvalue weighted by Gasteiger charge is -2.25. The van der Waals surface area contributed by atoms with Gasteiger partial charge in [0.15, 0.2) is 0 Å². The molecule has 2 saturated heterocycles. The molecule has 2 N–H and O–H groups in total. The number of hydrogen-bond donors (Lipinski definition) is 1. The van der Waals surface area contributed by atoms with Crippen LogP contribution in [0.4, 0.5) is 0 Å². The monoisotopic (exact) mass is 289 g/mol. The van der Waals surface area contributed by atoms with Crippen LogP contribution in [-0.4, -0.2) is 28.0 Å². The molecule has 0 aromatic carbocycles. The lowest BCUT2D eigenvalue weighted by atomic mass is 9.82. The molecule has 4 unspecified atom stereocenters. The Morgan fingerprint density at radius 1 is 1.24 bits per heavy atom. The minimum atomic E-state index is 0.204. The van der Waals surface area contributed by atoms with Gasteiger partial charge in [-0.25, -0.2) is 0 Å². The van der Waals surface area contributed by atoms with E-state index in [0.29, 0.717) is 24.2 Å². The van der Waals surface area contributed by atoms with Crippen molar-refractivity contribution in [1.29, 1.82) is 0 Å². The lowest BCUT2D eigenvalue weighted by Crippen LogP contribution is -2.38. The van der Waals surface area contributed by atoms with E-state index in [9.17, 15) is 0 Å². The molecule has 3 heterocycles. The van der Waals surface area contributed by atoms with E-state index in [-0.39, 0.29) is 6.04 Å². The topological polar surface area (TPSA) is 53.1 Å². The van der Waals surface area contributed by atoms with Crippen LogP contribution >= 0.6 is 0 Å². The number of hydrogen-bond acceptors (Lipinski definition) is 3. The van der Waals surface area contributed by atoms with Crippen molar-refractivity contribution in [3.8, 4) is 0 Å². The van der Waals surface area contributed by atoms with Gasteiger partial charge in [0.2, 0.25) is 0 Å². The van der Waals surface area contributed by atoms with Crippen molar-refractivity contribution in [1.82, 2.24) is 9.78 Å². The van der Waals surface area contributed by atoms with Gasteiger partial charge in [-0.2, -0.15) is 5.10 Å². The maximum absolute atomic E-state index is 6.46. The van der Waals surface area contributed by atoms with Crippen LogP contribution < -0.4 is 5.73 Å². The first-order chi connectivity index (χ1) is 10.3. The summed E-state index contributed by atoms with van der Waals surface area (Å²) in [5.74, 6) is 0.545. The first kappa shape index (κ1) is 13.8. The maximum Gasteiger partial charge on any atom is 0.0640 e. The first-order valence-electron chi connectivity index (χ1n) is 8.74. The zero-order valence-electron chi connectivity index (χ0n) is 12.8. The Balaban J connectivity index is 1.37. The van der Waals surface area contributed by atoms with Crippen LogP contribution in [0.1, 0.15) is 63.1 Å². The Kier molecular flexibility index (Phi) is 3.76. The third-order valence-electron chi connectivity index (χ3n) is 5.76. The molecule has 4 heteroatoms. The van der Waals surface area contributed by atoms with E-state index < -0.39 is 0 Å². The van der Waals surface area contributed by atoms with E-state index in [1.165, 1.54) is 44.9 Å². The summed E-state index contributed by atoms with van der Waals surface area (Å²) in [5.41, 5.74) is 7.62. The standard InChI is InChI=1S/C17H27N3O/c18-16(15-11-14-6-7-17(15)21-14)10-12-8-9-20(19-12)13-4-2-1-3-5-13/h8-9,13-17H,1-7,10-11,18H2. The van der Waals surface area contributed by atoms with E-state index in [0.717, 1.165) is 18.5 Å². The van der Waals surface area contributed by atoms with Crippen LogP contribution in [0.2, 0.25) is 0 Å². The molecule has 2 aliphatic heterocycles. The summed E-state index contributed by atoms with van der Waals surface area (Å²) < 4.78 is 8.13. The van der Waals surface area contributed by atoms with E-state index >= 15 is 0 Å². The summed E-state index contributed by atoms with van der Waals surface area (Å²) in [6.45, 7) is 0. The van der Waals surface area contributed by atoms with Crippen molar-refractivity contribution in [2.24, 2.45) is 11.7 Å². The van der Waals surface area contributed by atoms with Crippen molar-refractivity contribution in [3.05, 3.63) is 18.0 Å². The number of fused-ring (bicyclic) bond motifs is 2. The number of nitrogens with zero attached hydrogens (tertiary/aromatic N) is 2. The van der Waals surface area contributed by atoms with Gasteiger partial charge in [0.05, 0.1) is 23.9 Å². The van der Waals surface area contributed by atoms with Gasteiger partial charge in [-0.1, -0.05) is 19.3 Å². The average molecular weight is 289 g/mol. The fourth-order valence-electron chi connectivity index (χ4n) is 4.56. The number of nitrogens with two attached hydrogens (primary N) is 1. The summed E-state index contributed by atoms with van der Waals surface area (Å²) in [7, 11) is 0. The number of ether oxygens (including phenoxy) is 1. The Bertz CT molecular complexity index is 480. The van der Waals surface area contributed by atoms with Crippen LogP contribution in [0, 0.1) is 5.92 Å². The maximum atomic E-state index is 6.46. The second kappa shape index (κ2) is 5.73. The van der Waals surface area contributed by atoms with Gasteiger partial charge in [-0.15, -0.1) is 0 Å². The van der Waals surface area contributed by atoms with E-state index in [1.54, 1.807) is 0 Å². The lowest BCUT2D eigenvalue weighted by molar-refractivity contribution is 0.0884. The fourth-order valence-corrected chi connectivity index (χ4v) is 4.56. The zero-order chi connectivity index (χ0) is 14.2. The van der Waals surface area contributed by atoms with Crippen molar-refractivity contribution in [2.45, 2.75) is 82.1 Å². The van der Waals surface area contributed by atoms with Crippen LogP contribution in [0.3, 0.4) is 0 Å². The molecule has 21 heavy (non-hydrogen) atoms. The van der Waals surface area contributed by atoms with Gasteiger partial charge < -0.3 is 10.5 Å². The average Bonchev–Trinajstić information content (AvgIpc) is 3.24. The van der Waals surface area contributed by atoms with Crippen molar-refractivity contribution >= 4 is 0 Å². The molecule has 3 aliphatic rings. The second-order valence-electron chi connectivity index (χ2n) is 7.22. The van der Waals surface area contributed by atoms with Gasteiger partial charge >= 0.3 is 0 Å². The third-order valence-corrected chi connectivity index (χ3v) is 5.76. The highest BCUT2D eigenvalue weighted by Gasteiger charge is 2.43. The van der Waals surface area contributed by atoms with E-state index in [1.807, 2.05) is 0 Å². The zero-order valence-corrected chi connectivity index (χ0v) is 12.8. The molecule has 2 bridgehead atoms. The molecule has 4 nitrogen and oxygen atoms in total. The van der Waals surface area contributed by atoms with Gasteiger partial charge in [0.1, 0.15) is 0 Å². The van der Waals surface area contributed by atoms with Crippen molar-refractivity contribution in [3.63, 3.8) is 0 Å². The molecular weight excluding hydrogens is 262 g/mol. The summed E-state index contributed by atoms with van der Waals surface area (Å²) >= 11 is 0. The van der Waals surface area contributed by atoms with E-state index in [4.69, 9.17) is 15.6 Å². The van der Waals surface area contributed by atoms with Gasteiger partial charge in [-0.05, 0) is 38.2 Å². The predicted octanol–water partition coefficient (Wildman–Crippen LogP) is 2.83. The van der Waals surface area contributed by atoms with Gasteiger partial charge in [0, 0.05) is 24.6 Å². The Hall–Kier alpha value is -0.870. The molecule has 1 aliphatic carbocycles. The number of rotatable bonds is 4. The Morgan fingerprint density at radius 2 is 2.10 bits per heavy atom. The smallest absolute Gasteiger partial charge is 0.0640 e. The molecule has 0 radical (unpaired) electrons. The Morgan fingerprint density at radius 3 is 2.81 bits per heavy atom. The van der Waals surface area contributed by atoms with Gasteiger partial charge in [-0.3, -0.25) is 4.68 Å². The first-order valence-corrected chi connectivity index (χ1v) is 8.74. The molecule has 116 valence electrons. The van der Waals surface area contributed by atoms with Crippen LogP contribution in [-0.2, 0) is 11.2 Å². The molecule has 0 spiro atoms. The Labute approximate surface area is 127 Å². The summed E-state index contributed by atoms with van der Waals surface area (Å²) in [6, 6.07) is 2.99. The normalized spacial score (nSPS) is 34.4. The van der Waals surface area contributed by atoms with Crippen LogP contribution in [0.15, 0.2) is 12.3 Å². The molecule has 3 fully saturated rings. The molecule has 0 amide bonds. The molecular formula is C17H27N3O. The molecule has 1 saturated carbocycles. The highest BCUT2D eigenvalue weighted by atomic mass is 16.5. The highest BCUT2D eigenvalue weighted by molar-refractivity contribution is 5.05. The van der Waals surface area contributed by atoms with Crippen molar-refractivity contribution in [2.75, 3.05) is 0 Å². The molecule has 1 aromatic rings. The minimum Gasteiger partial charge on any atom is -0.375 e. The highest BCUT2D eigenvalue weighted by Crippen LogP contribution is 2.40. The summed E-state index contributed by atoms with van der Waals surface area (Å²) in [5, 5.41) is 4.80. The quantitative estimate of drug-likeness (QED) is 0.927. The fraction of sp³-hybridized carbons (Fsp3) is 0.824. The summed E-state index contributed by atoms with van der Waals surface area (Å²) in [4.78, 5) is 0. The van der Waals surface area contributed by atoms with Gasteiger partial charge in [0.25, 0.3) is 0 Å². The molecule has 4 rings (SSSR count). The number of aromatic nitrogens is 2. The van der Waals surface area contributed by atoms with Crippen molar-refractivity contribution < 1.29 is 4.74 Å². The van der Waals surface area contributed by atoms with Crippen LogP contribution in [0.5, 0.6) is 0 Å². The third kappa shape index (κ3) is 2.76. The molecule has 1 aromatic heterocycles.